The Hall–Kier alpha value is -0.730. The van der Waals surface area contributed by atoms with Gasteiger partial charge in [0.05, 0.1) is 12.1 Å². The van der Waals surface area contributed by atoms with Crippen LogP contribution in [0.25, 0.3) is 0 Å². The molecule has 0 radical (unpaired) electrons. The van der Waals surface area contributed by atoms with E-state index in [9.17, 15) is 0 Å². The Labute approximate surface area is 83.6 Å². The van der Waals surface area contributed by atoms with Crippen molar-refractivity contribution < 1.29 is 4.74 Å². The Bertz CT molecular complexity index is 310. The molecule has 0 aliphatic heterocycles. The van der Waals surface area contributed by atoms with Crippen LogP contribution in [0.4, 0.5) is 0 Å². The molecule has 0 saturated carbocycles. The third-order valence-corrected chi connectivity index (χ3v) is 2.33. The third-order valence-electron chi connectivity index (χ3n) is 2.03. The Morgan fingerprint density at radius 2 is 2.08 bits per heavy atom. The molecular weight excluding hydrogens is 186 g/mol. The molecule has 13 heavy (non-hydrogen) atoms. The van der Waals surface area contributed by atoms with E-state index in [1.54, 1.807) is 7.11 Å². The van der Waals surface area contributed by atoms with Gasteiger partial charge in [-0.05, 0) is 37.1 Å². The maximum atomic E-state index is 5.94. The number of benzene rings is 1. The van der Waals surface area contributed by atoms with Gasteiger partial charge in [0.1, 0.15) is 5.75 Å². The number of hydrogen-bond acceptors (Lipinski definition) is 2. The second-order valence-electron chi connectivity index (χ2n) is 3.13. The first-order valence-electron chi connectivity index (χ1n) is 4.16. The van der Waals surface area contributed by atoms with Gasteiger partial charge in [-0.15, -0.1) is 0 Å². The first-order chi connectivity index (χ1) is 6.06. The number of halogens is 1. The van der Waals surface area contributed by atoms with Crippen LogP contribution in [0.3, 0.4) is 0 Å². The quantitative estimate of drug-likeness (QED) is 0.795. The van der Waals surface area contributed by atoms with Gasteiger partial charge < -0.3 is 10.5 Å². The zero-order valence-corrected chi connectivity index (χ0v) is 8.85. The maximum absolute atomic E-state index is 5.94. The van der Waals surface area contributed by atoms with Crippen LogP contribution in [0.1, 0.15) is 24.1 Å². The van der Waals surface area contributed by atoms with E-state index in [0.29, 0.717) is 10.8 Å². The molecule has 0 bridgehead atoms. The van der Waals surface area contributed by atoms with E-state index in [2.05, 4.69) is 0 Å². The zero-order valence-electron chi connectivity index (χ0n) is 8.10. The van der Waals surface area contributed by atoms with Gasteiger partial charge in [-0.3, -0.25) is 0 Å². The highest BCUT2D eigenvalue weighted by Crippen LogP contribution is 2.29. The summed E-state index contributed by atoms with van der Waals surface area (Å²) in [4.78, 5) is 0. The van der Waals surface area contributed by atoms with Crippen molar-refractivity contribution in [3.8, 4) is 5.75 Å². The smallest absolute Gasteiger partial charge is 0.137 e. The van der Waals surface area contributed by atoms with Gasteiger partial charge in [0.15, 0.2) is 0 Å². The van der Waals surface area contributed by atoms with Crippen LogP contribution in [-0.4, -0.2) is 7.11 Å². The second-order valence-corrected chi connectivity index (χ2v) is 3.54. The summed E-state index contributed by atoms with van der Waals surface area (Å²) < 4.78 is 5.10. The highest BCUT2D eigenvalue weighted by atomic mass is 35.5. The summed E-state index contributed by atoms with van der Waals surface area (Å²) in [5.74, 6) is 0.680. The monoisotopic (exact) mass is 199 g/mol. The summed E-state index contributed by atoms with van der Waals surface area (Å²) >= 11 is 5.94. The largest absolute Gasteiger partial charge is 0.495 e. The number of hydrogen-bond donors (Lipinski definition) is 1. The third kappa shape index (κ3) is 2.14. The van der Waals surface area contributed by atoms with Gasteiger partial charge in [-0.1, -0.05) is 11.6 Å². The van der Waals surface area contributed by atoms with Crippen molar-refractivity contribution in [1.29, 1.82) is 0 Å². The number of ether oxygens (including phenoxy) is 1. The molecule has 0 aliphatic rings. The number of rotatable bonds is 2. The van der Waals surface area contributed by atoms with E-state index in [1.807, 2.05) is 26.0 Å². The van der Waals surface area contributed by atoms with Gasteiger partial charge >= 0.3 is 0 Å². The lowest BCUT2D eigenvalue weighted by Gasteiger charge is -2.12. The minimum Gasteiger partial charge on any atom is -0.495 e. The standard InChI is InChI=1S/C10H14ClNO/c1-6-4-9(11)10(13-3)5-8(6)7(2)12/h4-5,7H,12H2,1-3H3. The van der Waals surface area contributed by atoms with Crippen LogP contribution >= 0.6 is 11.6 Å². The average molecular weight is 200 g/mol. The molecule has 3 heteroatoms. The van der Waals surface area contributed by atoms with Crippen molar-refractivity contribution in [3.05, 3.63) is 28.3 Å². The minimum absolute atomic E-state index is 0.00571. The van der Waals surface area contributed by atoms with Crippen LogP contribution in [0.5, 0.6) is 5.75 Å². The Morgan fingerprint density at radius 1 is 1.46 bits per heavy atom. The molecule has 0 saturated heterocycles. The van der Waals surface area contributed by atoms with Crippen LogP contribution < -0.4 is 10.5 Å². The summed E-state index contributed by atoms with van der Waals surface area (Å²) in [6, 6.07) is 3.77. The fraction of sp³-hybridized carbons (Fsp3) is 0.400. The highest BCUT2D eigenvalue weighted by Gasteiger charge is 2.08. The van der Waals surface area contributed by atoms with Gasteiger partial charge in [0.25, 0.3) is 0 Å². The molecular formula is C10H14ClNO. The first-order valence-corrected chi connectivity index (χ1v) is 4.53. The molecule has 1 unspecified atom stereocenters. The Kier molecular flexibility index (Phi) is 3.17. The van der Waals surface area contributed by atoms with Crippen molar-refractivity contribution in [2.45, 2.75) is 19.9 Å². The summed E-state index contributed by atoms with van der Waals surface area (Å²) in [5, 5.41) is 0.629. The Morgan fingerprint density at radius 3 is 2.54 bits per heavy atom. The van der Waals surface area contributed by atoms with Gasteiger partial charge in [-0.2, -0.15) is 0 Å². The van der Waals surface area contributed by atoms with Crippen LogP contribution in [0.15, 0.2) is 12.1 Å². The van der Waals surface area contributed by atoms with Crippen LogP contribution in [-0.2, 0) is 0 Å². The van der Waals surface area contributed by atoms with E-state index < -0.39 is 0 Å². The highest BCUT2D eigenvalue weighted by molar-refractivity contribution is 6.32. The number of aryl methyl sites for hydroxylation is 1. The number of nitrogens with two attached hydrogens (primary N) is 1. The van der Waals surface area contributed by atoms with Gasteiger partial charge in [0.2, 0.25) is 0 Å². The number of methoxy groups -OCH3 is 1. The molecule has 1 aromatic carbocycles. The lowest BCUT2D eigenvalue weighted by Crippen LogP contribution is -2.07. The van der Waals surface area contributed by atoms with Crippen LogP contribution in [0.2, 0.25) is 5.02 Å². The lowest BCUT2D eigenvalue weighted by molar-refractivity contribution is 0.414. The first kappa shape index (κ1) is 10.4. The van der Waals surface area contributed by atoms with E-state index in [-0.39, 0.29) is 6.04 Å². The van der Waals surface area contributed by atoms with Crippen molar-refractivity contribution in [2.75, 3.05) is 7.11 Å². The topological polar surface area (TPSA) is 35.2 Å². The van der Waals surface area contributed by atoms with Crippen molar-refractivity contribution >= 4 is 11.6 Å². The van der Waals surface area contributed by atoms with Crippen molar-refractivity contribution in [3.63, 3.8) is 0 Å². The van der Waals surface area contributed by atoms with Crippen molar-refractivity contribution in [2.24, 2.45) is 5.73 Å². The molecule has 0 fully saturated rings. The summed E-state index contributed by atoms with van der Waals surface area (Å²) in [7, 11) is 1.60. The molecule has 72 valence electrons. The predicted molar refractivity (Wildman–Crippen MR) is 55.3 cm³/mol. The zero-order chi connectivity index (χ0) is 10.0. The SMILES string of the molecule is COc1cc(C(C)N)c(C)cc1Cl. The molecule has 1 atom stereocenters. The maximum Gasteiger partial charge on any atom is 0.137 e. The normalized spacial score (nSPS) is 12.7. The Balaban J connectivity index is 3.22. The van der Waals surface area contributed by atoms with Crippen molar-refractivity contribution in [1.82, 2.24) is 0 Å². The van der Waals surface area contributed by atoms with Gasteiger partial charge in [-0.25, -0.2) is 0 Å². The molecule has 0 aromatic heterocycles. The fourth-order valence-corrected chi connectivity index (χ4v) is 1.61. The summed E-state index contributed by atoms with van der Waals surface area (Å²) in [6.45, 7) is 3.93. The minimum atomic E-state index is 0.00571. The second kappa shape index (κ2) is 3.99. The molecule has 0 amide bonds. The molecule has 2 nitrogen and oxygen atoms in total. The fourth-order valence-electron chi connectivity index (χ4n) is 1.32. The lowest BCUT2D eigenvalue weighted by atomic mass is 10.0. The molecule has 0 aliphatic carbocycles. The van der Waals surface area contributed by atoms with E-state index in [1.165, 1.54) is 0 Å². The molecule has 0 heterocycles. The summed E-state index contributed by atoms with van der Waals surface area (Å²) in [5.41, 5.74) is 7.96. The predicted octanol–water partition coefficient (Wildman–Crippen LogP) is 2.68. The average Bonchev–Trinajstić information content (AvgIpc) is 2.03. The van der Waals surface area contributed by atoms with E-state index >= 15 is 0 Å². The molecule has 1 aromatic rings. The van der Waals surface area contributed by atoms with E-state index in [0.717, 1.165) is 11.1 Å². The summed E-state index contributed by atoms with van der Waals surface area (Å²) in [6.07, 6.45) is 0. The molecule has 2 N–H and O–H groups in total. The van der Waals surface area contributed by atoms with E-state index in [4.69, 9.17) is 22.1 Å². The molecule has 0 spiro atoms. The molecule has 1 rings (SSSR count). The van der Waals surface area contributed by atoms with Crippen LogP contribution in [0, 0.1) is 6.92 Å². The van der Waals surface area contributed by atoms with Gasteiger partial charge in [0, 0.05) is 6.04 Å².